The number of aliphatic hydroxyl groups is 1. The van der Waals surface area contributed by atoms with Crippen LogP contribution in [0.5, 0.6) is 0 Å². The minimum Gasteiger partial charge on any atom is -0.481 e. The van der Waals surface area contributed by atoms with Crippen molar-refractivity contribution in [2.45, 2.75) is 57.3 Å². The zero-order valence-corrected chi connectivity index (χ0v) is 22.0. The highest BCUT2D eigenvalue weighted by molar-refractivity contribution is 7.09. The van der Waals surface area contributed by atoms with E-state index in [1.54, 1.807) is 11.3 Å². The van der Waals surface area contributed by atoms with Gasteiger partial charge in [0.05, 0.1) is 18.9 Å². The van der Waals surface area contributed by atoms with Crippen molar-refractivity contribution < 1.29 is 48.8 Å². The van der Waals surface area contributed by atoms with Crippen molar-refractivity contribution in [1.82, 2.24) is 5.06 Å². The van der Waals surface area contributed by atoms with E-state index in [2.05, 4.69) is 0 Å². The molecule has 0 spiro atoms. The molecule has 1 aliphatic rings. The maximum absolute atomic E-state index is 12.8. The Morgan fingerprint density at radius 3 is 2.29 bits per heavy atom. The van der Waals surface area contributed by atoms with Crippen LogP contribution in [0.3, 0.4) is 0 Å². The summed E-state index contributed by atoms with van der Waals surface area (Å²) in [6, 6.07) is 13.1. The predicted molar refractivity (Wildman–Crippen MR) is 135 cm³/mol. The number of likely N-dealkylation sites (tertiary alicyclic amines) is 1. The van der Waals surface area contributed by atoms with Gasteiger partial charge in [0.25, 0.3) is 0 Å². The Balaban J connectivity index is 1.70. The monoisotopic (exact) mass is 549 g/mol. The number of piperidine rings is 1. The lowest BCUT2D eigenvalue weighted by Crippen LogP contribution is -2.59. The van der Waals surface area contributed by atoms with E-state index in [-0.39, 0.29) is 23.2 Å². The number of hydroxylamine groups is 5. The van der Waals surface area contributed by atoms with Gasteiger partial charge in [0.1, 0.15) is 26.2 Å². The van der Waals surface area contributed by atoms with E-state index in [1.807, 2.05) is 47.8 Å². The first-order valence-corrected chi connectivity index (χ1v) is 13.1. The van der Waals surface area contributed by atoms with Crippen molar-refractivity contribution in [3.05, 3.63) is 58.3 Å². The normalized spacial score (nSPS) is 20.7. The first kappa shape index (κ1) is 29.2. The number of carboxylic acid groups (broad SMARTS) is 2. The molecule has 1 unspecified atom stereocenters. The van der Waals surface area contributed by atoms with Gasteiger partial charge in [-0.2, -0.15) is 0 Å². The van der Waals surface area contributed by atoms with E-state index in [0.29, 0.717) is 38.9 Å². The van der Waals surface area contributed by atoms with E-state index in [9.17, 15) is 29.4 Å². The highest BCUT2D eigenvalue weighted by Gasteiger charge is 2.46. The third kappa shape index (κ3) is 8.09. The summed E-state index contributed by atoms with van der Waals surface area (Å²) in [6.45, 7) is 2.69. The lowest BCUT2D eigenvalue weighted by molar-refractivity contribution is -1.09. The molecule has 0 bridgehead atoms. The third-order valence-corrected chi connectivity index (χ3v) is 7.45. The van der Waals surface area contributed by atoms with Gasteiger partial charge in [-0.3, -0.25) is 19.3 Å². The maximum Gasteiger partial charge on any atom is 0.370 e. The van der Waals surface area contributed by atoms with Gasteiger partial charge >= 0.3 is 17.9 Å². The van der Waals surface area contributed by atoms with Gasteiger partial charge < -0.3 is 15.3 Å². The Hall–Kier alpha value is -3.32. The molecule has 3 N–H and O–H groups in total. The first-order chi connectivity index (χ1) is 18.0. The summed E-state index contributed by atoms with van der Waals surface area (Å²) in [5, 5.41) is 31.9. The number of quaternary nitrogens is 1. The SMILES string of the molecule is CC(=O)N(OCc1ccccc1)C1CC[N+](CCc2cccs2)(OC(=O)CC(O)(CC(=O)O)C(=O)O)CC1. The standard InChI is InChI=1S/C26H32N2O9S/c1-19(29)27(36-18-20-6-3-2-4-7-20)21-9-12-28(13-10-21,14-11-22-8-5-15-38-22)37-24(32)17-26(35,25(33)34)16-23(30)31/h2-8,15,21,35H,9-14,16-18H2,1H3,(H-,30,31,33,34)/p+1. The lowest BCUT2D eigenvalue weighted by Gasteiger charge is -2.42. The minimum atomic E-state index is -2.78. The second-order valence-corrected chi connectivity index (χ2v) is 10.5. The fraction of sp³-hybridized carbons (Fsp3) is 0.462. The van der Waals surface area contributed by atoms with Crippen LogP contribution < -0.4 is 0 Å². The minimum absolute atomic E-state index is 0.138. The second kappa shape index (κ2) is 13.0. The van der Waals surface area contributed by atoms with Crippen LogP contribution >= 0.6 is 11.3 Å². The maximum atomic E-state index is 12.8. The van der Waals surface area contributed by atoms with E-state index in [0.717, 1.165) is 10.4 Å². The fourth-order valence-corrected chi connectivity index (χ4v) is 5.21. The van der Waals surface area contributed by atoms with Crippen molar-refractivity contribution in [2.75, 3.05) is 19.6 Å². The van der Waals surface area contributed by atoms with Gasteiger partial charge in [-0.1, -0.05) is 36.4 Å². The number of carbonyl (C=O) groups is 4. The first-order valence-electron chi connectivity index (χ1n) is 12.3. The molecule has 2 heterocycles. The number of amides is 1. The van der Waals surface area contributed by atoms with Crippen molar-refractivity contribution >= 4 is 35.2 Å². The summed E-state index contributed by atoms with van der Waals surface area (Å²) >= 11 is 1.56. The summed E-state index contributed by atoms with van der Waals surface area (Å²) in [5.74, 6) is -4.62. The Morgan fingerprint density at radius 2 is 1.74 bits per heavy atom. The Kier molecular flexibility index (Phi) is 9.97. The Morgan fingerprint density at radius 1 is 1.05 bits per heavy atom. The molecule has 1 aromatic heterocycles. The smallest absolute Gasteiger partial charge is 0.370 e. The number of thiophene rings is 1. The van der Waals surface area contributed by atoms with Crippen molar-refractivity contribution in [3.8, 4) is 0 Å². The van der Waals surface area contributed by atoms with E-state index in [1.165, 1.54) is 12.0 Å². The molecule has 3 rings (SSSR count). The molecule has 1 atom stereocenters. The van der Waals surface area contributed by atoms with Crippen LogP contribution in [0.1, 0.15) is 43.0 Å². The average molecular weight is 550 g/mol. The molecule has 12 heteroatoms. The number of hydrogen-bond donors (Lipinski definition) is 3. The average Bonchev–Trinajstić information content (AvgIpc) is 3.38. The number of hydrogen-bond acceptors (Lipinski definition) is 8. The van der Waals surface area contributed by atoms with Gasteiger partial charge in [-0.15, -0.1) is 16.0 Å². The molecule has 2 aromatic rings. The van der Waals surface area contributed by atoms with Crippen molar-refractivity contribution in [1.29, 1.82) is 0 Å². The van der Waals surface area contributed by atoms with Crippen LogP contribution in [0, 0.1) is 0 Å². The fourth-order valence-electron chi connectivity index (χ4n) is 4.51. The molecule has 11 nitrogen and oxygen atoms in total. The number of aliphatic carboxylic acids is 2. The van der Waals surface area contributed by atoms with Crippen molar-refractivity contribution in [3.63, 3.8) is 0 Å². The molecule has 1 aliphatic heterocycles. The van der Waals surface area contributed by atoms with E-state index >= 15 is 0 Å². The molecule has 38 heavy (non-hydrogen) atoms. The van der Waals surface area contributed by atoms with Gasteiger partial charge in [0.2, 0.25) is 5.91 Å². The number of carboxylic acids is 2. The van der Waals surface area contributed by atoms with Crippen LogP contribution in [-0.2, 0) is 41.9 Å². The van der Waals surface area contributed by atoms with Crippen LogP contribution in [-0.4, -0.2) is 80.1 Å². The highest BCUT2D eigenvalue weighted by atomic mass is 32.1. The van der Waals surface area contributed by atoms with Crippen LogP contribution in [0.4, 0.5) is 0 Å². The molecule has 1 aromatic carbocycles. The molecule has 1 fully saturated rings. The Bertz CT molecular complexity index is 1100. The summed E-state index contributed by atoms with van der Waals surface area (Å²) in [4.78, 5) is 60.5. The number of rotatable bonds is 13. The zero-order valence-electron chi connectivity index (χ0n) is 21.2. The topological polar surface area (TPSA) is 151 Å². The van der Waals surface area contributed by atoms with Crippen LogP contribution in [0.2, 0.25) is 0 Å². The zero-order chi connectivity index (χ0) is 27.8. The van der Waals surface area contributed by atoms with Gasteiger partial charge in [0.15, 0.2) is 5.60 Å². The molecular weight excluding hydrogens is 516 g/mol. The lowest BCUT2D eigenvalue weighted by atomic mass is 9.96. The summed E-state index contributed by atoms with van der Waals surface area (Å²) in [5.41, 5.74) is -1.87. The highest BCUT2D eigenvalue weighted by Crippen LogP contribution is 2.28. The largest absolute Gasteiger partial charge is 0.481 e. The molecular formula is C26H33N2O9S+. The molecule has 0 aliphatic carbocycles. The van der Waals surface area contributed by atoms with Crippen molar-refractivity contribution in [2.24, 2.45) is 0 Å². The van der Waals surface area contributed by atoms with E-state index < -0.39 is 36.4 Å². The van der Waals surface area contributed by atoms with Gasteiger partial charge in [-0.05, 0) is 17.0 Å². The molecule has 1 saturated heterocycles. The quantitative estimate of drug-likeness (QED) is 0.253. The van der Waals surface area contributed by atoms with Gasteiger partial charge in [-0.25, -0.2) is 14.7 Å². The molecule has 0 radical (unpaired) electrons. The number of benzene rings is 1. The second-order valence-electron chi connectivity index (χ2n) is 9.44. The number of carbonyl (C=O) groups excluding carboxylic acids is 2. The summed E-state index contributed by atoms with van der Waals surface area (Å²) in [6.07, 6.45) is -0.651. The third-order valence-electron chi connectivity index (χ3n) is 6.51. The summed E-state index contributed by atoms with van der Waals surface area (Å²) in [7, 11) is 0. The van der Waals surface area contributed by atoms with Gasteiger partial charge in [0, 0.05) is 31.1 Å². The predicted octanol–water partition coefficient (Wildman–Crippen LogP) is 2.39. The summed E-state index contributed by atoms with van der Waals surface area (Å²) < 4.78 is -0.138. The van der Waals surface area contributed by atoms with E-state index in [4.69, 9.17) is 14.8 Å². The molecule has 0 saturated carbocycles. The number of nitrogens with zero attached hydrogens (tertiary/aromatic N) is 2. The van der Waals surface area contributed by atoms with Crippen LogP contribution in [0.15, 0.2) is 47.8 Å². The molecule has 1 amide bonds. The molecule has 206 valence electrons. The Labute approximate surface area is 224 Å². The van der Waals surface area contributed by atoms with Crippen LogP contribution in [0.25, 0.3) is 0 Å².